The Balaban J connectivity index is 3.00. The molecule has 0 bridgehead atoms. The zero-order valence-corrected chi connectivity index (χ0v) is 12.9. The topological polar surface area (TPSA) is 97.8 Å². The van der Waals surface area contributed by atoms with E-state index in [-0.39, 0.29) is 11.5 Å². The lowest BCUT2D eigenvalue weighted by molar-refractivity contribution is -0.143. The molecule has 0 radical (unpaired) electrons. The van der Waals surface area contributed by atoms with Gasteiger partial charge in [0.05, 0.1) is 16.4 Å². The standard InChI is InChI=1S/C11H14FNO6S2/c1-3-19-11(14)8-13(2)21(17,18)10-6-4-9(5-7-10)20(12,15)16/h4-7H,3,8H2,1-2H3. The van der Waals surface area contributed by atoms with Gasteiger partial charge < -0.3 is 4.74 Å². The second-order valence-corrected chi connectivity index (χ2v) is 7.37. The monoisotopic (exact) mass is 339 g/mol. The van der Waals surface area contributed by atoms with Gasteiger partial charge in [-0.25, -0.2) is 8.42 Å². The van der Waals surface area contributed by atoms with E-state index < -0.39 is 37.7 Å². The van der Waals surface area contributed by atoms with Gasteiger partial charge in [-0.2, -0.15) is 12.7 Å². The van der Waals surface area contributed by atoms with E-state index in [1.165, 1.54) is 7.05 Å². The Morgan fingerprint density at radius 1 is 1.14 bits per heavy atom. The number of ether oxygens (including phenoxy) is 1. The fraction of sp³-hybridized carbons (Fsp3) is 0.364. The maximum atomic E-state index is 12.7. The average Bonchev–Trinajstić information content (AvgIpc) is 2.38. The van der Waals surface area contributed by atoms with Crippen LogP contribution in [0.5, 0.6) is 0 Å². The van der Waals surface area contributed by atoms with Gasteiger partial charge in [0.25, 0.3) is 0 Å². The predicted octanol–water partition coefficient (Wildman–Crippen LogP) is 0.528. The molecule has 118 valence electrons. The van der Waals surface area contributed by atoms with Gasteiger partial charge in [0, 0.05) is 7.05 Å². The Hall–Kier alpha value is -1.52. The van der Waals surface area contributed by atoms with Crippen LogP contribution in [-0.2, 0) is 29.8 Å². The van der Waals surface area contributed by atoms with Gasteiger partial charge in [0.1, 0.15) is 6.54 Å². The molecule has 1 rings (SSSR count). The highest BCUT2D eigenvalue weighted by Gasteiger charge is 2.24. The quantitative estimate of drug-likeness (QED) is 0.554. The van der Waals surface area contributed by atoms with E-state index in [9.17, 15) is 25.5 Å². The third-order valence-electron chi connectivity index (χ3n) is 2.47. The average molecular weight is 339 g/mol. The van der Waals surface area contributed by atoms with E-state index in [1.54, 1.807) is 6.92 Å². The molecular weight excluding hydrogens is 325 g/mol. The first kappa shape index (κ1) is 17.5. The first-order valence-corrected chi connectivity index (χ1v) is 8.58. The summed E-state index contributed by atoms with van der Waals surface area (Å²) in [6, 6.07) is 3.56. The van der Waals surface area contributed by atoms with Crippen molar-refractivity contribution in [1.29, 1.82) is 0 Å². The number of likely N-dealkylation sites (N-methyl/N-ethyl adjacent to an activating group) is 1. The maximum Gasteiger partial charge on any atom is 0.332 e. The molecule has 0 saturated heterocycles. The van der Waals surface area contributed by atoms with E-state index in [4.69, 9.17) is 0 Å². The number of benzene rings is 1. The van der Waals surface area contributed by atoms with Gasteiger partial charge in [-0.1, -0.05) is 0 Å². The highest BCUT2D eigenvalue weighted by atomic mass is 32.3. The third kappa shape index (κ3) is 4.48. The molecule has 0 aliphatic carbocycles. The van der Waals surface area contributed by atoms with Crippen LogP contribution in [-0.4, -0.2) is 47.3 Å². The van der Waals surface area contributed by atoms with Gasteiger partial charge in [-0.15, -0.1) is 3.89 Å². The molecule has 1 aromatic carbocycles. The van der Waals surface area contributed by atoms with Crippen LogP contribution in [0.2, 0.25) is 0 Å². The van der Waals surface area contributed by atoms with Crippen LogP contribution in [0.15, 0.2) is 34.1 Å². The minimum atomic E-state index is -4.89. The minimum absolute atomic E-state index is 0.121. The Morgan fingerprint density at radius 2 is 1.62 bits per heavy atom. The number of hydrogen-bond donors (Lipinski definition) is 0. The number of nitrogens with zero attached hydrogens (tertiary/aromatic N) is 1. The smallest absolute Gasteiger partial charge is 0.332 e. The van der Waals surface area contributed by atoms with Crippen molar-refractivity contribution >= 4 is 26.2 Å². The van der Waals surface area contributed by atoms with Gasteiger partial charge in [-0.3, -0.25) is 4.79 Å². The van der Waals surface area contributed by atoms with E-state index >= 15 is 0 Å². The van der Waals surface area contributed by atoms with Crippen LogP contribution in [0.25, 0.3) is 0 Å². The third-order valence-corrected chi connectivity index (χ3v) is 5.12. The summed E-state index contributed by atoms with van der Waals surface area (Å²) in [6.45, 7) is 1.22. The van der Waals surface area contributed by atoms with Crippen LogP contribution in [0, 0.1) is 0 Å². The Kier molecular flexibility index (Phi) is 5.42. The molecule has 0 saturated carbocycles. The molecule has 0 unspecified atom stereocenters. The fourth-order valence-electron chi connectivity index (χ4n) is 1.43. The molecule has 0 N–H and O–H groups in total. The lowest BCUT2D eigenvalue weighted by Crippen LogP contribution is -2.33. The van der Waals surface area contributed by atoms with Crippen LogP contribution >= 0.6 is 0 Å². The molecule has 0 heterocycles. The normalized spacial score (nSPS) is 12.4. The highest BCUT2D eigenvalue weighted by Crippen LogP contribution is 2.18. The van der Waals surface area contributed by atoms with Crippen molar-refractivity contribution in [2.24, 2.45) is 0 Å². The second kappa shape index (κ2) is 6.50. The molecule has 0 spiro atoms. The number of rotatable bonds is 6. The summed E-state index contributed by atoms with van der Waals surface area (Å²) in [5.41, 5.74) is 0. The molecule has 7 nitrogen and oxygen atoms in total. The molecule has 0 amide bonds. The van der Waals surface area contributed by atoms with Gasteiger partial charge in [-0.05, 0) is 31.2 Å². The molecule has 0 aliphatic rings. The minimum Gasteiger partial charge on any atom is -0.465 e. The van der Waals surface area contributed by atoms with Crippen molar-refractivity contribution in [2.45, 2.75) is 16.7 Å². The first-order valence-electron chi connectivity index (χ1n) is 5.75. The summed E-state index contributed by atoms with van der Waals surface area (Å²) in [4.78, 5) is 10.4. The summed E-state index contributed by atoms with van der Waals surface area (Å²) in [5.74, 6) is -0.716. The first-order chi connectivity index (χ1) is 9.59. The lowest BCUT2D eigenvalue weighted by Gasteiger charge is -2.16. The zero-order valence-electron chi connectivity index (χ0n) is 11.3. The largest absolute Gasteiger partial charge is 0.465 e. The lowest BCUT2D eigenvalue weighted by atomic mass is 10.4. The Bertz CT molecular complexity index is 712. The molecule has 1 aromatic rings. The number of hydrogen-bond acceptors (Lipinski definition) is 6. The predicted molar refractivity (Wildman–Crippen MR) is 71.2 cm³/mol. The maximum absolute atomic E-state index is 12.7. The fourth-order valence-corrected chi connectivity index (χ4v) is 3.00. The van der Waals surface area contributed by atoms with Crippen LogP contribution in [0.3, 0.4) is 0 Å². The van der Waals surface area contributed by atoms with E-state index in [0.29, 0.717) is 0 Å². The Morgan fingerprint density at radius 3 is 2.05 bits per heavy atom. The molecule has 0 atom stereocenters. The summed E-state index contributed by atoms with van der Waals surface area (Å²) >= 11 is 0. The SMILES string of the molecule is CCOC(=O)CN(C)S(=O)(=O)c1ccc(S(=O)(=O)F)cc1. The van der Waals surface area contributed by atoms with Crippen LogP contribution in [0.4, 0.5) is 3.89 Å². The number of esters is 1. The van der Waals surface area contributed by atoms with Crippen molar-refractivity contribution in [1.82, 2.24) is 4.31 Å². The number of halogens is 1. The second-order valence-electron chi connectivity index (χ2n) is 3.98. The van der Waals surface area contributed by atoms with Crippen LogP contribution in [0.1, 0.15) is 6.92 Å². The molecule has 0 fully saturated rings. The molecular formula is C11H14FNO6S2. The van der Waals surface area contributed by atoms with E-state index in [2.05, 4.69) is 4.74 Å². The summed E-state index contributed by atoms with van der Waals surface area (Å²) < 4.78 is 63.6. The highest BCUT2D eigenvalue weighted by molar-refractivity contribution is 7.89. The van der Waals surface area contributed by atoms with Crippen molar-refractivity contribution in [2.75, 3.05) is 20.2 Å². The molecule has 0 aromatic heterocycles. The van der Waals surface area contributed by atoms with Crippen molar-refractivity contribution in [3.8, 4) is 0 Å². The van der Waals surface area contributed by atoms with Gasteiger partial charge in [0.15, 0.2) is 0 Å². The Labute approximate surface area is 122 Å². The van der Waals surface area contributed by atoms with Crippen molar-refractivity contribution < 1.29 is 30.3 Å². The summed E-state index contributed by atoms with van der Waals surface area (Å²) in [5, 5.41) is 0. The van der Waals surface area contributed by atoms with Crippen LogP contribution < -0.4 is 0 Å². The van der Waals surface area contributed by atoms with Gasteiger partial charge in [0.2, 0.25) is 10.0 Å². The zero-order chi connectivity index (χ0) is 16.3. The van der Waals surface area contributed by atoms with Crippen molar-refractivity contribution in [3.05, 3.63) is 24.3 Å². The number of carbonyl (C=O) groups excluding carboxylic acids is 1. The summed E-state index contributed by atoms with van der Waals surface area (Å²) in [7, 11) is -7.72. The summed E-state index contributed by atoms with van der Waals surface area (Å²) in [6.07, 6.45) is 0. The molecule has 0 aliphatic heterocycles. The number of carbonyl (C=O) groups is 1. The molecule has 10 heteroatoms. The molecule has 21 heavy (non-hydrogen) atoms. The number of sulfonamides is 1. The van der Waals surface area contributed by atoms with E-state index in [1.807, 2.05) is 0 Å². The van der Waals surface area contributed by atoms with E-state index in [0.717, 1.165) is 28.6 Å². The van der Waals surface area contributed by atoms with Crippen molar-refractivity contribution in [3.63, 3.8) is 0 Å². The van der Waals surface area contributed by atoms with Gasteiger partial charge >= 0.3 is 16.2 Å².